The van der Waals surface area contributed by atoms with Crippen molar-refractivity contribution in [2.45, 2.75) is 25.6 Å². The number of nitrogens with zero attached hydrogens (tertiary/aromatic N) is 2. The number of rotatable bonds is 4. The normalized spacial score (nSPS) is 27.4. The fraction of sp³-hybridized carbons (Fsp3) is 0.857. The maximum atomic E-state index is 12.3. The molecule has 2 fully saturated rings. The number of methoxy groups -OCH3 is 1. The van der Waals surface area contributed by atoms with E-state index < -0.39 is 0 Å². The Kier molecular flexibility index (Phi) is 5.96. The van der Waals surface area contributed by atoms with Gasteiger partial charge in [-0.2, -0.15) is 0 Å². The SMILES string of the molecule is COC(=O)CC1CN(CC(=O)N2CCOC(C)C2)CCO1. The molecule has 2 rings (SSSR count). The summed E-state index contributed by atoms with van der Waals surface area (Å²) < 4.78 is 15.6. The molecule has 0 aromatic heterocycles. The number of esters is 1. The molecule has 2 heterocycles. The van der Waals surface area contributed by atoms with Crippen LogP contribution in [0.15, 0.2) is 0 Å². The average molecular weight is 300 g/mol. The zero-order valence-corrected chi connectivity index (χ0v) is 12.7. The highest BCUT2D eigenvalue weighted by Crippen LogP contribution is 2.11. The molecule has 0 aromatic rings. The Morgan fingerprint density at radius 3 is 2.67 bits per heavy atom. The van der Waals surface area contributed by atoms with Gasteiger partial charge in [0.15, 0.2) is 0 Å². The van der Waals surface area contributed by atoms with E-state index in [0.717, 1.165) is 0 Å². The second-order valence-electron chi connectivity index (χ2n) is 5.53. The third-order valence-electron chi connectivity index (χ3n) is 3.80. The van der Waals surface area contributed by atoms with Crippen LogP contribution in [-0.2, 0) is 23.8 Å². The Hall–Kier alpha value is -1.18. The molecule has 0 N–H and O–H groups in total. The van der Waals surface area contributed by atoms with Crippen LogP contribution in [0.5, 0.6) is 0 Å². The van der Waals surface area contributed by atoms with Crippen LogP contribution in [0.1, 0.15) is 13.3 Å². The smallest absolute Gasteiger partial charge is 0.308 e. The van der Waals surface area contributed by atoms with E-state index in [9.17, 15) is 9.59 Å². The van der Waals surface area contributed by atoms with Crippen LogP contribution in [0.4, 0.5) is 0 Å². The van der Waals surface area contributed by atoms with Crippen LogP contribution in [-0.4, -0.2) is 86.9 Å². The molecule has 21 heavy (non-hydrogen) atoms. The van der Waals surface area contributed by atoms with E-state index >= 15 is 0 Å². The minimum absolute atomic E-state index is 0.0967. The average Bonchev–Trinajstić information content (AvgIpc) is 2.47. The predicted octanol–water partition coefficient (Wildman–Crippen LogP) is -0.502. The molecule has 2 aliphatic rings. The third kappa shape index (κ3) is 4.94. The van der Waals surface area contributed by atoms with Gasteiger partial charge in [0.05, 0.1) is 45.5 Å². The first kappa shape index (κ1) is 16.2. The number of carbonyl (C=O) groups is 2. The van der Waals surface area contributed by atoms with E-state index in [4.69, 9.17) is 9.47 Å². The molecular weight excluding hydrogens is 276 g/mol. The van der Waals surface area contributed by atoms with Gasteiger partial charge >= 0.3 is 5.97 Å². The van der Waals surface area contributed by atoms with Crippen molar-refractivity contribution in [2.75, 3.05) is 53.0 Å². The summed E-state index contributed by atoms with van der Waals surface area (Å²) in [7, 11) is 1.37. The summed E-state index contributed by atoms with van der Waals surface area (Å²) in [6.07, 6.45) is 0.137. The molecule has 0 radical (unpaired) electrons. The zero-order chi connectivity index (χ0) is 15.2. The molecule has 7 heteroatoms. The lowest BCUT2D eigenvalue weighted by Gasteiger charge is -2.35. The number of morpholine rings is 2. The van der Waals surface area contributed by atoms with Crippen molar-refractivity contribution in [1.82, 2.24) is 9.80 Å². The topological polar surface area (TPSA) is 68.3 Å². The van der Waals surface area contributed by atoms with Crippen LogP contribution in [0.25, 0.3) is 0 Å². The molecule has 0 spiro atoms. The number of carbonyl (C=O) groups excluding carboxylic acids is 2. The van der Waals surface area contributed by atoms with Crippen molar-refractivity contribution in [2.24, 2.45) is 0 Å². The quantitative estimate of drug-likeness (QED) is 0.652. The van der Waals surface area contributed by atoms with Gasteiger partial charge in [0.1, 0.15) is 0 Å². The molecule has 2 unspecified atom stereocenters. The lowest BCUT2D eigenvalue weighted by molar-refractivity contribution is -0.147. The van der Waals surface area contributed by atoms with Crippen molar-refractivity contribution in [3.05, 3.63) is 0 Å². The highest BCUT2D eigenvalue weighted by Gasteiger charge is 2.27. The van der Waals surface area contributed by atoms with Crippen LogP contribution in [0.3, 0.4) is 0 Å². The van der Waals surface area contributed by atoms with Crippen LogP contribution in [0.2, 0.25) is 0 Å². The van der Waals surface area contributed by atoms with Gasteiger partial charge in [0.25, 0.3) is 0 Å². The minimum Gasteiger partial charge on any atom is -0.469 e. The van der Waals surface area contributed by atoms with Crippen molar-refractivity contribution in [1.29, 1.82) is 0 Å². The molecule has 0 aliphatic carbocycles. The van der Waals surface area contributed by atoms with Gasteiger partial charge in [-0.15, -0.1) is 0 Å². The number of hydrogen-bond acceptors (Lipinski definition) is 6. The van der Waals surface area contributed by atoms with E-state index in [-0.39, 0.29) is 30.5 Å². The van der Waals surface area contributed by atoms with Gasteiger partial charge in [0.2, 0.25) is 5.91 Å². The van der Waals surface area contributed by atoms with Gasteiger partial charge in [-0.25, -0.2) is 0 Å². The largest absolute Gasteiger partial charge is 0.469 e. The second kappa shape index (κ2) is 7.72. The maximum Gasteiger partial charge on any atom is 0.308 e. The summed E-state index contributed by atoms with van der Waals surface area (Å²) in [6, 6.07) is 0. The van der Waals surface area contributed by atoms with E-state index in [0.29, 0.717) is 45.9 Å². The van der Waals surface area contributed by atoms with Gasteiger partial charge in [-0.1, -0.05) is 0 Å². The summed E-state index contributed by atoms with van der Waals surface area (Å²) in [5.41, 5.74) is 0. The summed E-state index contributed by atoms with van der Waals surface area (Å²) in [5, 5.41) is 0. The molecule has 7 nitrogen and oxygen atoms in total. The first-order valence-electron chi connectivity index (χ1n) is 7.38. The van der Waals surface area contributed by atoms with Crippen LogP contribution < -0.4 is 0 Å². The Morgan fingerprint density at radius 2 is 1.95 bits per heavy atom. The van der Waals surface area contributed by atoms with E-state index in [1.807, 2.05) is 16.7 Å². The second-order valence-corrected chi connectivity index (χ2v) is 5.53. The standard InChI is InChI=1S/C14H24N2O5/c1-11-8-16(4-6-20-11)13(17)10-15-3-5-21-12(9-15)7-14(18)19-2/h11-12H,3-10H2,1-2H3. The van der Waals surface area contributed by atoms with Gasteiger partial charge in [-0.3, -0.25) is 14.5 Å². The summed E-state index contributed by atoms with van der Waals surface area (Å²) in [4.78, 5) is 27.5. The van der Waals surface area contributed by atoms with Crippen molar-refractivity contribution in [3.8, 4) is 0 Å². The molecule has 0 bridgehead atoms. The Morgan fingerprint density at radius 1 is 1.19 bits per heavy atom. The first-order valence-corrected chi connectivity index (χ1v) is 7.38. The van der Waals surface area contributed by atoms with Crippen molar-refractivity contribution in [3.63, 3.8) is 0 Å². The Balaban J connectivity index is 1.78. The Labute approximate surface area is 125 Å². The highest BCUT2D eigenvalue weighted by atomic mass is 16.5. The molecule has 120 valence electrons. The van der Waals surface area contributed by atoms with E-state index in [1.165, 1.54) is 7.11 Å². The lowest BCUT2D eigenvalue weighted by Crippen LogP contribution is -2.51. The summed E-state index contributed by atoms with van der Waals surface area (Å²) >= 11 is 0. The third-order valence-corrected chi connectivity index (χ3v) is 3.80. The van der Waals surface area contributed by atoms with Gasteiger partial charge in [0, 0.05) is 26.2 Å². The van der Waals surface area contributed by atoms with Gasteiger partial charge in [-0.05, 0) is 6.92 Å². The summed E-state index contributed by atoms with van der Waals surface area (Å²) in [6.45, 7) is 6.07. The molecule has 2 aliphatic heterocycles. The lowest BCUT2D eigenvalue weighted by atomic mass is 10.2. The van der Waals surface area contributed by atoms with Crippen LogP contribution in [0, 0.1) is 0 Å². The molecular formula is C14H24N2O5. The molecule has 1 amide bonds. The molecule has 0 saturated carbocycles. The van der Waals surface area contributed by atoms with E-state index in [2.05, 4.69) is 4.74 Å². The first-order chi connectivity index (χ1) is 10.1. The monoisotopic (exact) mass is 300 g/mol. The number of amides is 1. The van der Waals surface area contributed by atoms with Crippen LogP contribution >= 0.6 is 0 Å². The fourth-order valence-corrected chi connectivity index (χ4v) is 2.65. The molecule has 2 saturated heterocycles. The Bertz CT molecular complexity index is 376. The summed E-state index contributed by atoms with van der Waals surface area (Å²) in [5.74, 6) is -0.168. The number of hydrogen-bond donors (Lipinski definition) is 0. The van der Waals surface area contributed by atoms with Crippen molar-refractivity contribution < 1.29 is 23.8 Å². The molecule has 2 atom stereocenters. The molecule has 0 aromatic carbocycles. The van der Waals surface area contributed by atoms with Crippen molar-refractivity contribution >= 4 is 11.9 Å². The highest BCUT2D eigenvalue weighted by molar-refractivity contribution is 5.78. The van der Waals surface area contributed by atoms with E-state index in [1.54, 1.807) is 0 Å². The number of ether oxygens (including phenoxy) is 3. The minimum atomic E-state index is -0.282. The predicted molar refractivity (Wildman–Crippen MR) is 74.8 cm³/mol. The fourth-order valence-electron chi connectivity index (χ4n) is 2.65. The maximum absolute atomic E-state index is 12.3. The van der Waals surface area contributed by atoms with Gasteiger partial charge < -0.3 is 19.1 Å². The zero-order valence-electron chi connectivity index (χ0n) is 12.7.